The Labute approximate surface area is 267 Å². The molecule has 12 heteroatoms. The standard InChI is InChI=1S/2C12H4Cl6/c13-7-4-9(15)8(14)3-6(7)5-1-10(16)12(18)11(17)2-5;13-5-1-7(15)11(8(16)2-5)12-9(17)3-6(14)4-10(12)18/h2*1-4H. The van der Waals surface area contributed by atoms with Crippen LogP contribution in [0.25, 0.3) is 22.3 Å². The van der Waals surface area contributed by atoms with Crippen LogP contribution in [0.15, 0.2) is 48.5 Å². The van der Waals surface area contributed by atoms with Crippen LogP contribution >= 0.6 is 139 Å². The molecular weight excluding hydrogens is 714 g/mol. The largest absolute Gasteiger partial charge is 0.0842 e. The van der Waals surface area contributed by atoms with Gasteiger partial charge in [0.2, 0.25) is 0 Å². The molecule has 4 rings (SSSR count). The van der Waals surface area contributed by atoms with E-state index in [4.69, 9.17) is 139 Å². The Bertz CT molecular complexity index is 1340. The van der Waals surface area contributed by atoms with Crippen molar-refractivity contribution in [1.29, 1.82) is 0 Å². The normalized spacial score (nSPS) is 10.8. The maximum absolute atomic E-state index is 6.13. The molecule has 0 aliphatic carbocycles. The molecule has 36 heavy (non-hydrogen) atoms. The monoisotopic (exact) mass is 716 g/mol. The van der Waals surface area contributed by atoms with Gasteiger partial charge in [-0.15, -0.1) is 0 Å². The van der Waals surface area contributed by atoms with Gasteiger partial charge in [0, 0.05) is 31.8 Å². The molecule has 0 spiro atoms. The first kappa shape index (κ1) is 30.9. The van der Waals surface area contributed by atoms with E-state index < -0.39 is 0 Å². The molecule has 0 N–H and O–H groups in total. The molecule has 4 aromatic rings. The van der Waals surface area contributed by atoms with Crippen molar-refractivity contribution in [3.05, 3.63) is 109 Å². The SMILES string of the molecule is Clc1cc(Cl)c(-c2c(Cl)cc(Cl)cc2Cl)c(Cl)c1.Clc1cc(Cl)c(-c2cc(Cl)c(Cl)c(Cl)c2)cc1Cl. The zero-order valence-corrected chi connectivity index (χ0v) is 26.2. The van der Waals surface area contributed by atoms with Crippen LogP contribution in [0.4, 0.5) is 0 Å². The molecule has 0 heterocycles. The van der Waals surface area contributed by atoms with Crippen LogP contribution in [-0.2, 0) is 0 Å². The van der Waals surface area contributed by atoms with Gasteiger partial charge in [0.05, 0.1) is 45.2 Å². The third kappa shape index (κ3) is 7.30. The van der Waals surface area contributed by atoms with Crippen LogP contribution in [0.5, 0.6) is 0 Å². The summed E-state index contributed by atoms with van der Waals surface area (Å²) in [6, 6.07) is 12.9. The molecule has 0 nitrogen and oxygen atoms in total. The van der Waals surface area contributed by atoms with Crippen molar-refractivity contribution in [1.82, 2.24) is 0 Å². The van der Waals surface area contributed by atoms with Crippen LogP contribution in [0, 0.1) is 0 Å². The van der Waals surface area contributed by atoms with Gasteiger partial charge < -0.3 is 0 Å². The lowest BCUT2D eigenvalue weighted by molar-refractivity contribution is 1.61. The van der Waals surface area contributed by atoms with Crippen molar-refractivity contribution >= 4 is 139 Å². The summed E-state index contributed by atoms with van der Waals surface area (Å²) in [7, 11) is 0. The molecule has 0 amide bonds. The summed E-state index contributed by atoms with van der Waals surface area (Å²) >= 11 is 72.0. The molecule has 0 bridgehead atoms. The van der Waals surface area contributed by atoms with Crippen molar-refractivity contribution in [2.45, 2.75) is 0 Å². The van der Waals surface area contributed by atoms with E-state index in [0.29, 0.717) is 77.0 Å². The summed E-state index contributed by atoms with van der Waals surface area (Å²) in [6.07, 6.45) is 0. The summed E-state index contributed by atoms with van der Waals surface area (Å²) in [5.41, 5.74) is 2.48. The quantitative estimate of drug-likeness (QED) is 0.143. The minimum Gasteiger partial charge on any atom is -0.0842 e. The highest BCUT2D eigenvalue weighted by molar-refractivity contribution is 6.49. The van der Waals surface area contributed by atoms with Crippen LogP contribution in [0.2, 0.25) is 60.3 Å². The minimum atomic E-state index is 0.304. The molecule has 188 valence electrons. The predicted octanol–water partition coefficient (Wildman–Crippen LogP) is 14.5. The first-order chi connectivity index (χ1) is 16.8. The van der Waals surface area contributed by atoms with Gasteiger partial charge in [-0.05, 0) is 54.1 Å². The van der Waals surface area contributed by atoms with Gasteiger partial charge in [0.15, 0.2) is 0 Å². The fraction of sp³-hybridized carbons (Fsp3) is 0. The smallest absolute Gasteiger partial charge is 0.0778 e. The van der Waals surface area contributed by atoms with Crippen LogP contribution in [0.3, 0.4) is 0 Å². The van der Waals surface area contributed by atoms with Crippen molar-refractivity contribution in [3.8, 4) is 22.3 Å². The Kier molecular flexibility index (Phi) is 11.3. The van der Waals surface area contributed by atoms with E-state index in [2.05, 4.69) is 0 Å². The van der Waals surface area contributed by atoms with E-state index in [9.17, 15) is 0 Å². The van der Waals surface area contributed by atoms with Crippen molar-refractivity contribution in [2.75, 3.05) is 0 Å². The van der Waals surface area contributed by atoms with Gasteiger partial charge in [0.1, 0.15) is 0 Å². The van der Waals surface area contributed by atoms with E-state index >= 15 is 0 Å². The Morgan fingerprint density at radius 1 is 0.306 bits per heavy atom. The zero-order valence-electron chi connectivity index (χ0n) is 17.2. The Hall–Kier alpha value is 0.360. The van der Waals surface area contributed by atoms with Crippen molar-refractivity contribution in [2.24, 2.45) is 0 Å². The summed E-state index contributed by atoms with van der Waals surface area (Å²) < 4.78 is 0. The van der Waals surface area contributed by atoms with Gasteiger partial charge in [0.25, 0.3) is 0 Å². The molecule has 0 radical (unpaired) electrons. The highest BCUT2D eigenvalue weighted by atomic mass is 35.5. The molecule has 0 fully saturated rings. The molecular formula is C24H8Cl12. The van der Waals surface area contributed by atoms with Gasteiger partial charge in [-0.2, -0.15) is 0 Å². The Balaban J connectivity index is 0.000000201. The second kappa shape index (κ2) is 13.1. The van der Waals surface area contributed by atoms with E-state index in [1.165, 1.54) is 0 Å². The predicted molar refractivity (Wildman–Crippen MR) is 164 cm³/mol. The lowest BCUT2D eigenvalue weighted by Crippen LogP contribution is -1.86. The molecule has 0 saturated heterocycles. The fourth-order valence-corrected chi connectivity index (χ4v) is 6.28. The lowest BCUT2D eigenvalue weighted by Gasteiger charge is -2.12. The van der Waals surface area contributed by atoms with Crippen LogP contribution < -0.4 is 0 Å². The Morgan fingerprint density at radius 2 is 0.667 bits per heavy atom. The molecule has 0 saturated carbocycles. The average Bonchev–Trinajstić information content (AvgIpc) is 2.76. The molecule has 4 aromatic carbocycles. The molecule has 0 aliphatic rings. The third-order valence-corrected chi connectivity index (χ3v) is 8.43. The highest BCUT2D eigenvalue weighted by Crippen LogP contribution is 2.45. The maximum Gasteiger partial charge on any atom is 0.0778 e. The average molecular weight is 722 g/mol. The maximum atomic E-state index is 6.13. The van der Waals surface area contributed by atoms with Gasteiger partial charge in [-0.25, -0.2) is 0 Å². The molecule has 0 unspecified atom stereocenters. The van der Waals surface area contributed by atoms with Crippen molar-refractivity contribution < 1.29 is 0 Å². The molecule has 0 atom stereocenters. The lowest BCUT2D eigenvalue weighted by atomic mass is 10.1. The fourth-order valence-electron chi connectivity index (χ4n) is 3.02. The zero-order chi connectivity index (χ0) is 26.9. The molecule has 0 aliphatic heterocycles. The number of hydrogen-bond acceptors (Lipinski definition) is 0. The van der Waals surface area contributed by atoms with Gasteiger partial charge in [-0.1, -0.05) is 139 Å². The van der Waals surface area contributed by atoms with E-state index in [0.717, 1.165) is 5.56 Å². The van der Waals surface area contributed by atoms with E-state index in [1.807, 2.05) is 0 Å². The summed E-state index contributed by atoms with van der Waals surface area (Å²) in [5.74, 6) is 0. The summed E-state index contributed by atoms with van der Waals surface area (Å²) in [6.45, 7) is 0. The van der Waals surface area contributed by atoms with E-state index in [-0.39, 0.29) is 0 Å². The van der Waals surface area contributed by atoms with Gasteiger partial charge in [-0.3, -0.25) is 0 Å². The number of hydrogen-bond donors (Lipinski definition) is 0. The van der Waals surface area contributed by atoms with Crippen molar-refractivity contribution in [3.63, 3.8) is 0 Å². The number of halogens is 12. The minimum absolute atomic E-state index is 0.304. The summed E-state index contributed by atoms with van der Waals surface area (Å²) in [4.78, 5) is 0. The Morgan fingerprint density at radius 3 is 1.06 bits per heavy atom. The highest BCUT2D eigenvalue weighted by Gasteiger charge is 2.17. The van der Waals surface area contributed by atoms with Crippen LogP contribution in [-0.4, -0.2) is 0 Å². The van der Waals surface area contributed by atoms with Crippen LogP contribution in [0.1, 0.15) is 0 Å². The second-order valence-corrected chi connectivity index (χ2v) is 11.9. The first-order valence-corrected chi connectivity index (χ1v) is 13.9. The number of rotatable bonds is 2. The number of benzene rings is 4. The summed E-state index contributed by atoms with van der Waals surface area (Å²) in [5, 5.41) is 4.62. The third-order valence-electron chi connectivity index (χ3n) is 4.57. The van der Waals surface area contributed by atoms with Gasteiger partial charge >= 0.3 is 0 Å². The topological polar surface area (TPSA) is 0 Å². The van der Waals surface area contributed by atoms with E-state index in [1.54, 1.807) is 48.5 Å². The second-order valence-electron chi connectivity index (χ2n) is 6.99. The first-order valence-electron chi connectivity index (χ1n) is 9.39. The molecule has 0 aromatic heterocycles.